The molecule has 0 bridgehead atoms. The second kappa shape index (κ2) is 4.63. The topological polar surface area (TPSA) is 58.0 Å². The molecule has 1 aromatic carbocycles. The van der Waals surface area contributed by atoms with Crippen molar-refractivity contribution < 1.29 is 5.11 Å². The van der Waals surface area contributed by atoms with E-state index in [0.717, 1.165) is 10.9 Å². The van der Waals surface area contributed by atoms with Crippen LogP contribution in [0.5, 0.6) is 0 Å². The van der Waals surface area contributed by atoms with Gasteiger partial charge < -0.3 is 10.4 Å². The van der Waals surface area contributed by atoms with E-state index in [1.807, 2.05) is 13.0 Å². The molecular weight excluding hydrogens is 226 g/mol. The molecule has 84 valence electrons. The van der Waals surface area contributed by atoms with Gasteiger partial charge in [0.2, 0.25) is 0 Å². The van der Waals surface area contributed by atoms with Crippen molar-refractivity contribution in [2.24, 2.45) is 0 Å². The van der Waals surface area contributed by atoms with Gasteiger partial charge in [0, 0.05) is 16.5 Å². The molecule has 4 nitrogen and oxygen atoms in total. The maximum atomic E-state index is 8.99. The first-order chi connectivity index (χ1) is 7.70. The molecule has 5 heteroatoms. The zero-order valence-corrected chi connectivity index (χ0v) is 9.57. The normalized spacial score (nSPS) is 12.7. The minimum absolute atomic E-state index is 0.0474. The summed E-state index contributed by atoms with van der Waals surface area (Å²) in [5.41, 5.74) is 0.787. The van der Waals surface area contributed by atoms with Crippen LogP contribution in [-0.4, -0.2) is 27.7 Å². The van der Waals surface area contributed by atoms with E-state index < -0.39 is 0 Å². The summed E-state index contributed by atoms with van der Waals surface area (Å²) in [4.78, 5) is 8.29. The molecule has 0 saturated carbocycles. The Hall–Kier alpha value is -1.39. The Labute approximate surface area is 98.3 Å². The number of aliphatic hydroxyl groups is 1. The van der Waals surface area contributed by atoms with Crippen molar-refractivity contribution in [3.8, 4) is 0 Å². The Morgan fingerprint density at radius 2 is 2.25 bits per heavy atom. The van der Waals surface area contributed by atoms with Gasteiger partial charge in [-0.3, -0.25) is 0 Å². The van der Waals surface area contributed by atoms with Gasteiger partial charge in [-0.1, -0.05) is 11.6 Å². The van der Waals surface area contributed by atoms with Gasteiger partial charge in [-0.15, -0.1) is 0 Å². The fraction of sp³-hybridized carbons (Fsp3) is 0.273. The predicted molar refractivity (Wildman–Crippen MR) is 64.7 cm³/mol. The fourth-order valence-electron chi connectivity index (χ4n) is 1.42. The van der Waals surface area contributed by atoms with Gasteiger partial charge in [0.25, 0.3) is 0 Å². The molecule has 2 rings (SSSR count). The van der Waals surface area contributed by atoms with E-state index in [-0.39, 0.29) is 12.6 Å². The zero-order valence-electron chi connectivity index (χ0n) is 8.81. The van der Waals surface area contributed by atoms with Crippen LogP contribution in [0.4, 0.5) is 5.82 Å². The average molecular weight is 238 g/mol. The van der Waals surface area contributed by atoms with E-state index in [1.165, 1.54) is 6.33 Å². The van der Waals surface area contributed by atoms with Crippen molar-refractivity contribution in [3.05, 3.63) is 29.5 Å². The molecule has 0 aliphatic rings. The summed E-state index contributed by atoms with van der Waals surface area (Å²) >= 11 is 5.88. The second-order valence-corrected chi connectivity index (χ2v) is 4.05. The van der Waals surface area contributed by atoms with E-state index >= 15 is 0 Å². The molecule has 1 unspecified atom stereocenters. The molecule has 0 spiro atoms. The van der Waals surface area contributed by atoms with Gasteiger partial charge in [0.05, 0.1) is 12.1 Å². The molecule has 0 aliphatic carbocycles. The maximum absolute atomic E-state index is 8.99. The Bertz CT molecular complexity index is 504. The third kappa shape index (κ3) is 2.23. The molecule has 0 fully saturated rings. The SMILES string of the molecule is CC(CO)Nc1ncnc2cc(Cl)ccc12. The number of fused-ring (bicyclic) bond motifs is 1. The van der Waals surface area contributed by atoms with Crippen LogP contribution < -0.4 is 5.32 Å². The summed E-state index contributed by atoms with van der Waals surface area (Å²) in [6.45, 7) is 1.93. The highest BCUT2D eigenvalue weighted by Crippen LogP contribution is 2.22. The summed E-state index contributed by atoms with van der Waals surface area (Å²) < 4.78 is 0. The van der Waals surface area contributed by atoms with Crippen LogP contribution in [0.1, 0.15) is 6.92 Å². The highest BCUT2D eigenvalue weighted by molar-refractivity contribution is 6.31. The summed E-state index contributed by atoms with van der Waals surface area (Å²) in [6, 6.07) is 5.40. The van der Waals surface area contributed by atoms with Crippen LogP contribution in [-0.2, 0) is 0 Å². The number of benzene rings is 1. The van der Waals surface area contributed by atoms with Gasteiger partial charge in [0.15, 0.2) is 0 Å². The Balaban J connectivity index is 2.45. The van der Waals surface area contributed by atoms with Gasteiger partial charge in [-0.2, -0.15) is 0 Å². The van der Waals surface area contributed by atoms with Crippen molar-refractivity contribution in [2.75, 3.05) is 11.9 Å². The van der Waals surface area contributed by atoms with Crippen LogP contribution >= 0.6 is 11.6 Å². The standard InChI is InChI=1S/C11H12ClN3O/c1-7(5-16)15-11-9-3-2-8(12)4-10(9)13-6-14-11/h2-4,6-7,16H,5H2,1H3,(H,13,14,15). The molecule has 0 aliphatic heterocycles. The minimum atomic E-state index is -0.0474. The molecule has 1 aromatic heterocycles. The summed E-state index contributed by atoms with van der Waals surface area (Å²) in [5, 5.41) is 13.6. The lowest BCUT2D eigenvalue weighted by Gasteiger charge is -2.12. The summed E-state index contributed by atoms with van der Waals surface area (Å²) in [6.07, 6.45) is 1.48. The first-order valence-electron chi connectivity index (χ1n) is 4.98. The van der Waals surface area contributed by atoms with E-state index in [2.05, 4.69) is 15.3 Å². The van der Waals surface area contributed by atoms with Crippen LogP contribution in [0.3, 0.4) is 0 Å². The second-order valence-electron chi connectivity index (χ2n) is 3.61. The highest BCUT2D eigenvalue weighted by Gasteiger charge is 2.06. The number of aliphatic hydroxyl groups excluding tert-OH is 1. The van der Waals surface area contributed by atoms with E-state index in [0.29, 0.717) is 10.8 Å². The molecule has 0 amide bonds. The third-order valence-corrected chi connectivity index (χ3v) is 2.49. The molecule has 2 N–H and O–H groups in total. The van der Waals surface area contributed by atoms with Gasteiger partial charge in [0.1, 0.15) is 12.1 Å². The van der Waals surface area contributed by atoms with Crippen molar-refractivity contribution in [2.45, 2.75) is 13.0 Å². The largest absolute Gasteiger partial charge is 0.394 e. The highest BCUT2D eigenvalue weighted by atomic mass is 35.5. The summed E-state index contributed by atoms with van der Waals surface area (Å²) in [7, 11) is 0. The van der Waals surface area contributed by atoms with Crippen molar-refractivity contribution >= 4 is 28.3 Å². The molecule has 16 heavy (non-hydrogen) atoms. The number of hydrogen-bond acceptors (Lipinski definition) is 4. The number of rotatable bonds is 3. The van der Waals surface area contributed by atoms with E-state index in [9.17, 15) is 0 Å². The van der Waals surface area contributed by atoms with Gasteiger partial charge in [-0.25, -0.2) is 9.97 Å². The molecule has 2 aromatic rings. The van der Waals surface area contributed by atoms with Gasteiger partial charge in [-0.05, 0) is 25.1 Å². The van der Waals surface area contributed by atoms with Crippen LogP contribution in [0.25, 0.3) is 10.9 Å². The Morgan fingerprint density at radius 1 is 1.44 bits per heavy atom. The molecule has 1 heterocycles. The first-order valence-corrected chi connectivity index (χ1v) is 5.36. The number of halogens is 1. The van der Waals surface area contributed by atoms with Crippen LogP contribution in [0.2, 0.25) is 5.02 Å². The average Bonchev–Trinajstić information content (AvgIpc) is 2.28. The van der Waals surface area contributed by atoms with Crippen LogP contribution in [0.15, 0.2) is 24.5 Å². The third-order valence-electron chi connectivity index (χ3n) is 2.26. The first kappa shape index (κ1) is 11.1. The summed E-state index contributed by atoms with van der Waals surface area (Å²) in [5.74, 6) is 0.711. The zero-order chi connectivity index (χ0) is 11.5. The van der Waals surface area contributed by atoms with Crippen molar-refractivity contribution in [1.29, 1.82) is 0 Å². The quantitative estimate of drug-likeness (QED) is 0.858. The number of aromatic nitrogens is 2. The van der Waals surface area contributed by atoms with E-state index in [4.69, 9.17) is 16.7 Å². The fourth-order valence-corrected chi connectivity index (χ4v) is 1.59. The lowest BCUT2D eigenvalue weighted by Crippen LogP contribution is -2.20. The molecule has 0 radical (unpaired) electrons. The maximum Gasteiger partial charge on any atom is 0.137 e. The van der Waals surface area contributed by atoms with Crippen LogP contribution in [0, 0.1) is 0 Å². The monoisotopic (exact) mass is 237 g/mol. The van der Waals surface area contributed by atoms with Gasteiger partial charge >= 0.3 is 0 Å². The molecular formula is C11H12ClN3O. The predicted octanol–water partition coefficient (Wildman–Crippen LogP) is 2.08. The Morgan fingerprint density at radius 3 is 3.00 bits per heavy atom. The van der Waals surface area contributed by atoms with E-state index in [1.54, 1.807) is 12.1 Å². The molecule has 1 atom stereocenters. The van der Waals surface area contributed by atoms with Crippen molar-refractivity contribution in [3.63, 3.8) is 0 Å². The smallest absolute Gasteiger partial charge is 0.137 e. The number of hydrogen-bond donors (Lipinski definition) is 2. The Kier molecular flexibility index (Phi) is 3.22. The minimum Gasteiger partial charge on any atom is -0.394 e. The lowest BCUT2D eigenvalue weighted by atomic mass is 10.2. The number of anilines is 1. The van der Waals surface area contributed by atoms with Crippen molar-refractivity contribution in [1.82, 2.24) is 9.97 Å². The number of nitrogens with one attached hydrogen (secondary N) is 1. The number of nitrogens with zero attached hydrogens (tertiary/aromatic N) is 2. The molecule has 0 saturated heterocycles. The lowest BCUT2D eigenvalue weighted by molar-refractivity contribution is 0.281.